The van der Waals surface area contributed by atoms with Gasteiger partial charge in [0, 0.05) is 25.4 Å². The first-order chi connectivity index (χ1) is 8.61. The SMILES string of the molecule is CCNc1ncc([N+](=O)[O-])c(-c2cnn(C)c2)n1. The van der Waals surface area contributed by atoms with Crippen LogP contribution in [0.2, 0.25) is 0 Å². The van der Waals surface area contributed by atoms with E-state index in [0.29, 0.717) is 18.1 Å². The number of hydrogen-bond acceptors (Lipinski definition) is 6. The highest BCUT2D eigenvalue weighted by Gasteiger charge is 2.19. The Hall–Kier alpha value is -2.51. The summed E-state index contributed by atoms with van der Waals surface area (Å²) >= 11 is 0. The predicted octanol–water partition coefficient (Wildman–Crippen LogP) is 1.22. The first-order valence-corrected chi connectivity index (χ1v) is 5.36. The van der Waals surface area contributed by atoms with Gasteiger partial charge in [-0.05, 0) is 6.92 Å². The number of rotatable bonds is 4. The Balaban J connectivity index is 2.53. The van der Waals surface area contributed by atoms with E-state index in [1.54, 1.807) is 17.9 Å². The number of aryl methyl sites for hydroxylation is 1. The minimum absolute atomic E-state index is 0.135. The Labute approximate surface area is 103 Å². The lowest BCUT2D eigenvalue weighted by Crippen LogP contribution is -2.04. The summed E-state index contributed by atoms with van der Waals surface area (Å²) in [6.45, 7) is 2.54. The minimum Gasteiger partial charge on any atom is -0.354 e. The zero-order chi connectivity index (χ0) is 13.1. The summed E-state index contributed by atoms with van der Waals surface area (Å²) in [4.78, 5) is 18.5. The van der Waals surface area contributed by atoms with Crippen molar-refractivity contribution in [1.82, 2.24) is 19.7 Å². The van der Waals surface area contributed by atoms with Crippen molar-refractivity contribution in [2.45, 2.75) is 6.92 Å². The largest absolute Gasteiger partial charge is 0.354 e. The molecule has 0 aliphatic rings. The van der Waals surface area contributed by atoms with Crippen molar-refractivity contribution in [3.8, 4) is 11.3 Å². The van der Waals surface area contributed by atoms with Gasteiger partial charge in [0.1, 0.15) is 6.20 Å². The third-order valence-corrected chi connectivity index (χ3v) is 2.28. The summed E-state index contributed by atoms with van der Waals surface area (Å²) in [5, 5.41) is 17.8. The first-order valence-electron chi connectivity index (χ1n) is 5.36. The van der Waals surface area contributed by atoms with E-state index in [1.165, 1.54) is 12.4 Å². The molecule has 2 aromatic rings. The number of aromatic nitrogens is 4. The van der Waals surface area contributed by atoms with Crippen molar-refractivity contribution < 1.29 is 4.92 Å². The number of nitrogens with one attached hydrogen (secondary N) is 1. The van der Waals surface area contributed by atoms with Crippen molar-refractivity contribution in [3.05, 3.63) is 28.7 Å². The monoisotopic (exact) mass is 248 g/mol. The van der Waals surface area contributed by atoms with Crippen LogP contribution in [0.5, 0.6) is 0 Å². The minimum atomic E-state index is -0.502. The highest BCUT2D eigenvalue weighted by atomic mass is 16.6. The molecule has 0 unspecified atom stereocenters. The topological polar surface area (TPSA) is 98.8 Å². The molecule has 0 spiro atoms. The van der Waals surface area contributed by atoms with Crippen LogP contribution in [0.4, 0.5) is 11.6 Å². The Morgan fingerprint density at radius 2 is 2.28 bits per heavy atom. The van der Waals surface area contributed by atoms with E-state index in [9.17, 15) is 10.1 Å². The molecular weight excluding hydrogens is 236 g/mol. The Morgan fingerprint density at radius 3 is 2.83 bits per heavy atom. The smallest absolute Gasteiger partial charge is 0.313 e. The van der Waals surface area contributed by atoms with Crippen LogP contribution in [0.3, 0.4) is 0 Å². The van der Waals surface area contributed by atoms with Crippen LogP contribution in [0.15, 0.2) is 18.6 Å². The number of anilines is 1. The molecule has 1 N–H and O–H groups in total. The first kappa shape index (κ1) is 12.0. The second-order valence-electron chi connectivity index (χ2n) is 3.62. The standard InChI is InChI=1S/C10H12N6O2/c1-3-11-10-12-5-8(16(17)18)9(14-10)7-4-13-15(2)6-7/h4-6H,3H2,1-2H3,(H,11,12,14). The van der Waals surface area contributed by atoms with Crippen LogP contribution in [-0.2, 0) is 7.05 Å². The van der Waals surface area contributed by atoms with Gasteiger partial charge in [0.05, 0.1) is 11.1 Å². The van der Waals surface area contributed by atoms with Crippen molar-refractivity contribution in [2.75, 3.05) is 11.9 Å². The van der Waals surface area contributed by atoms with Crippen LogP contribution in [-0.4, -0.2) is 31.2 Å². The second-order valence-corrected chi connectivity index (χ2v) is 3.62. The summed E-state index contributed by atoms with van der Waals surface area (Å²) in [5.74, 6) is 0.363. The van der Waals surface area contributed by atoms with Crippen LogP contribution in [0, 0.1) is 10.1 Å². The van der Waals surface area contributed by atoms with Gasteiger partial charge in [0.25, 0.3) is 0 Å². The maximum atomic E-state index is 10.9. The summed E-state index contributed by atoms with van der Waals surface area (Å²) in [7, 11) is 1.74. The average Bonchev–Trinajstić information content (AvgIpc) is 2.76. The molecule has 0 aromatic carbocycles. The van der Waals surface area contributed by atoms with Gasteiger partial charge in [-0.2, -0.15) is 5.10 Å². The molecular formula is C10H12N6O2. The number of nitro groups is 1. The van der Waals surface area contributed by atoms with Gasteiger partial charge >= 0.3 is 5.69 Å². The predicted molar refractivity (Wildman–Crippen MR) is 65.1 cm³/mol. The number of nitrogens with zero attached hydrogens (tertiary/aromatic N) is 5. The molecule has 0 amide bonds. The van der Waals surface area contributed by atoms with Crippen LogP contribution < -0.4 is 5.32 Å². The van der Waals surface area contributed by atoms with Crippen LogP contribution in [0.25, 0.3) is 11.3 Å². The molecule has 8 nitrogen and oxygen atoms in total. The van der Waals surface area contributed by atoms with Gasteiger partial charge in [0.15, 0.2) is 5.69 Å². The fourth-order valence-corrected chi connectivity index (χ4v) is 1.51. The molecule has 2 heterocycles. The molecule has 0 saturated carbocycles. The van der Waals surface area contributed by atoms with E-state index >= 15 is 0 Å². The van der Waals surface area contributed by atoms with Crippen molar-refractivity contribution in [1.29, 1.82) is 0 Å². The Morgan fingerprint density at radius 1 is 1.50 bits per heavy atom. The molecule has 2 rings (SSSR count). The van der Waals surface area contributed by atoms with Gasteiger partial charge in [-0.3, -0.25) is 14.8 Å². The molecule has 18 heavy (non-hydrogen) atoms. The molecule has 8 heteroatoms. The third kappa shape index (κ3) is 2.26. The number of hydrogen-bond donors (Lipinski definition) is 1. The average molecular weight is 248 g/mol. The van der Waals surface area contributed by atoms with Gasteiger partial charge in [-0.25, -0.2) is 9.97 Å². The lowest BCUT2D eigenvalue weighted by atomic mass is 10.2. The molecule has 0 atom stereocenters. The van der Waals surface area contributed by atoms with E-state index in [-0.39, 0.29) is 11.4 Å². The van der Waals surface area contributed by atoms with Crippen LogP contribution in [0.1, 0.15) is 6.92 Å². The van der Waals surface area contributed by atoms with E-state index in [1.807, 2.05) is 6.92 Å². The van der Waals surface area contributed by atoms with Gasteiger partial charge in [0.2, 0.25) is 5.95 Å². The molecule has 0 aliphatic carbocycles. The van der Waals surface area contributed by atoms with Crippen molar-refractivity contribution in [2.24, 2.45) is 7.05 Å². The van der Waals surface area contributed by atoms with E-state index in [2.05, 4.69) is 20.4 Å². The van der Waals surface area contributed by atoms with E-state index < -0.39 is 4.92 Å². The molecule has 2 aromatic heterocycles. The third-order valence-electron chi connectivity index (χ3n) is 2.28. The zero-order valence-electron chi connectivity index (χ0n) is 9.99. The maximum Gasteiger partial charge on any atom is 0.313 e. The lowest BCUT2D eigenvalue weighted by molar-refractivity contribution is -0.384. The maximum absolute atomic E-state index is 10.9. The molecule has 0 aliphatic heterocycles. The molecule has 0 saturated heterocycles. The van der Waals surface area contributed by atoms with Crippen molar-refractivity contribution >= 4 is 11.6 Å². The molecule has 0 radical (unpaired) electrons. The van der Waals surface area contributed by atoms with E-state index in [0.717, 1.165) is 0 Å². The van der Waals surface area contributed by atoms with Gasteiger partial charge < -0.3 is 5.32 Å². The van der Waals surface area contributed by atoms with Gasteiger partial charge in [-0.15, -0.1) is 0 Å². The highest BCUT2D eigenvalue weighted by Crippen LogP contribution is 2.27. The Bertz CT molecular complexity index is 579. The fourth-order valence-electron chi connectivity index (χ4n) is 1.51. The van der Waals surface area contributed by atoms with Gasteiger partial charge in [-0.1, -0.05) is 0 Å². The Kier molecular flexibility index (Phi) is 3.18. The summed E-state index contributed by atoms with van der Waals surface area (Å²) in [5.41, 5.74) is 0.717. The summed E-state index contributed by atoms with van der Waals surface area (Å²) in [6.07, 6.45) is 4.41. The lowest BCUT2D eigenvalue weighted by Gasteiger charge is -2.03. The molecule has 0 bridgehead atoms. The zero-order valence-corrected chi connectivity index (χ0v) is 9.99. The fraction of sp³-hybridized carbons (Fsp3) is 0.300. The summed E-state index contributed by atoms with van der Waals surface area (Å²) in [6, 6.07) is 0. The normalized spacial score (nSPS) is 10.3. The van der Waals surface area contributed by atoms with Crippen LogP contribution >= 0.6 is 0 Å². The second kappa shape index (κ2) is 4.78. The quantitative estimate of drug-likeness (QED) is 0.645. The molecule has 94 valence electrons. The van der Waals surface area contributed by atoms with Crippen molar-refractivity contribution in [3.63, 3.8) is 0 Å². The highest BCUT2D eigenvalue weighted by molar-refractivity contribution is 5.68. The van der Waals surface area contributed by atoms with E-state index in [4.69, 9.17) is 0 Å². The molecule has 0 fully saturated rings. The summed E-state index contributed by atoms with van der Waals surface area (Å²) < 4.78 is 1.56.